The van der Waals surface area contributed by atoms with E-state index in [0.29, 0.717) is 21.2 Å². The lowest BCUT2D eigenvalue weighted by molar-refractivity contribution is 0.103. The lowest BCUT2D eigenvalue weighted by atomic mass is 10.1. The first-order valence-electron chi connectivity index (χ1n) is 5.86. The topological polar surface area (TPSA) is 49.3 Å². The first-order valence-corrected chi connectivity index (χ1v) is 7.12. The van der Waals surface area contributed by atoms with Gasteiger partial charge in [-0.05, 0) is 36.1 Å². The Labute approximate surface area is 126 Å². The maximum atomic E-state index is 12.1. The first-order chi connectivity index (χ1) is 9.61. The molecule has 0 atom stereocenters. The van der Waals surface area contributed by atoms with Crippen LogP contribution in [0.3, 0.4) is 0 Å². The van der Waals surface area contributed by atoms with Gasteiger partial charge in [0.2, 0.25) is 0 Å². The predicted molar refractivity (Wildman–Crippen MR) is 82.4 cm³/mol. The summed E-state index contributed by atoms with van der Waals surface area (Å²) < 4.78 is 0. The van der Waals surface area contributed by atoms with Crippen LogP contribution in [-0.4, -0.2) is 17.6 Å². The number of halogens is 1. The van der Waals surface area contributed by atoms with E-state index < -0.39 is 0 Å². The largest absolute Gasteiger partial charge is 0.384 e. The van der Waals surface area contributed by atoms with Crippen LogP contribution in [0.15, 0.2) is 29.6 Å². The second-order valence-corrected chi connectivity index (χ2v) is 5.38. The second kappa shape index (κ2) is 6.58. The van der Waals surface area contributed by atoms with Gasteiger partial charge in [0.15, 0.2) is 0 Å². The molecular formula is C15H12ClNO2S. The van der Waals surface area contributed by atoms with E-state index in [1.165, 1.54) is 11.3 Å². The number of thiophene rings is 1. The highest BCUT2D eigenvalue weighted by Crippen LogP contribution is 2.24. The number of aliphatic hydroxyl groups is 1. The Kier molecular flexibility index (Phi) is 4.80. The zero-order valence-electron chi connectivity index (χ0n) is 10.7. The number of hydrogen-bond acceptors (Lipinski definition) is 3. The highest BCUT2D eigenvalue weighted by molar-refractivity contribution is 7.12. The molecule has 2 N–H and O–H groups in total. The van der Waals surface area contributed by atoms with Crippen molar-refractivity contribution in [3.63, 3.8) is 0 Å². The molecule has 1 aromatic heterocycles. The number of amides is 1. The Bertz CT molecular complexity index is 697. The monoisotopic (exact) mass is 305 g/mol. The van der Waals surface area contributed by atoms with Crippen LogP contribution in [0.1, 0.15) is 20.8 Å². The highest BCUT2D eigenvalue weighted by atomic mass is 35.5. The molecule has 0 radical (unpaired) electrons. The van der Waals surface area contributed by atoms with Crippen LogP contribution in [0.2, 0.25) is 5.02 Å². The number of anilines is 1. The van der Waals surface area contributed by atoms with Gasteiger partial charge in [-0.1, -0.05) is 29.5 Å². The van der Waals surface area contributed by atoms with E-state index in [4.69, 9.17) is 16.7 Å². The van der Waals surface area contributed by atoms with E-state index in [-0.39, 0.29) is 12.5 Å². The van der Waals surface area contributed by atoms with Crippen LogP contribution in [0, 0.1) is 18.8 Å². The number of benzene rings is 1. The van der Waals surface area contributed by atoms with Crippen LogP contribution >= 0.6 is 22.9 Å². The van der Waals surface area contributed by atoms with E-state index >= 15 is 0 Å². The minimum atomic E-state index is -0.263. The molecule has 20 heavy (non-hydrogen) atoms. The molecule has 1 aromatic carbocycles. The highest BCUT2D eigenvalue weighted by Gasteiger charge is 2.13. The molecule has 0 bridgehead atoms. The fourth-order valence-electron chi connectivity index (χ4n) is 1.64. The quantitative estimate of drug-likeness (QED) is 0.836. The summed E-state index contributed by atoms with van der Waals surface area (Å²) in [7, 11) is 0. The molecule has 5 heteroatoms. The number of nitrogens with one attached hydrogen (secondary N) is 1. The molecule has 2 rings (SSSR count). The summed E-state index contributed by atoms with van der Waals surface area (Å²) in [5.74, 6) is 5.14. The number of rotatable bonds is 2. The Morgan fingerprint density at radius 1 is 1.45 bits per heavy atom. The zero-order chi connectivity index (χ0) is 14.5. The standard InChI is InChI=1S/C15H12ClNO2S/c1-10-4-5-13(11(9-10)3-2-7-18)17-15(19)14-12(16)6-8-20-14/h4-6,8-9,18H,7H2,1H3,(H,17,19). The summed E-state index contributed by atoms with van der Waals surface area (Å²) in [6, 6.07) is 7.21. The molecule has 0 aliphatic rings. The van der Waals surface area contributed by atoms with Gasteiger partial charge in [-0.3, -0.25) is 4.79 Å². The summed E-state index contributed by atoms with van der Waals surface area (Å²) in [5.41, 5.74) is 2.30. The average molecular weight is 306 g/mol. The third kappa shape index (κ3) is 3.40. The lowest BCUT2D eigenvalue weighted by Gasteiger charge is -2.07. The zero-order valence-corrected chi connectivity index (χ0v) is 12.3. The van der Waals surface area contributed by atoms with Gasteiger partial charge in [-0.25, -0.2) is 0 Å². The molecule has 0 unspecified atom stereocenters. The van der Waals surface area contributed by atoms with Crippen LogP contribution in [0.4, 0.5) is 5.69 Å². The third-order valence-electron chi connectivity index (χ3n) is 2.55. The molecular weight excluding hydrogens is 294 g/mol. The van der Waals surface area contributed by atoms with Crippen molar-refractivity contribution in [2.24, 2.45) is 0 Å². The number of aliphatic hydroxyl groups excluding tert-OH is 1. The average Bonchev–Trinajstić information content (AvgIpc) is 2.85. The molecule has 0 saturated heterocycles. The van der Waals surface area contributed by atoms with Gasteiger partial charge in [0.1, 0.15) is 11.5 Å². The summed E-state index contributed by atoms with van der Waals surface area (Å²) in [6.07, 6.45) is 0. The number of carbonyl (C=O) groups excluding carboxylic acids is 1. The van der Waals surface area contributed by atoms with E-state index in [9.17, 15) is 4.79 Å². The van der Waals surface area contributed by atoms with E-state index in [1.807, 2.05) is 19.1 Å². The first kappa shape index (κ1) is 14.6. The molecule has 102 valence electrons. The van der Waals surface area contributed by atoms with Crippen molar-refractivity contribution in [1.82, 2.24) is 0 Å². The summed E-state index contributed by atoms with van der Waals surface area (Å²) in [5, 5.41) is 13.8. The fourth-order valence-corrected chi connectivity index (χ4v) is 2.68. The normalized spacial score (nSPS) is 9.75. The van der Waals surface area contributed by atoms with Crippen molar-refractivity contribution < 1.29 is 9.90 Å². The van der Waals surface area contributed by atoms with Crippen LogP contribution in [-0.2, 0) is 0 Å². The molecule has 2 aromatic rings. The van der Waals surface area contributed by atoms with Gasteiger partial charge >= 0.3 is 0 Å². The summed E-state index contributed by atoms with van der Waals surface area (Å²) in [4.78, 5) is 12.6. The maximum absolute atomic E-state index is 12.1. The van der Waals surface area contributed by atoms with Gasteiger partial charge in [-0.2, -0.15) is 0 Å². The molecule has 0 fully saturated rings. The van der Waals surface area contributed by atoms with E-state index in [0.717, 1.165) is 5.56 Å². The number of hydrogen-bond donors (Lipinski definition) is 2. The van der Waals surface area contributed by atoms with Crippen molar-refractivity contribution in [3.8, 4) is 11.8 Å². The van der Waals surface area contributed by atoms with Crippen LogP contribution in [0.25, 0.3) is 0 Å². The smallest absolute Gasteiger partial charge is 0.267 e. The van der Waals surface area contributed by atoms with Gasteiger partial charge < -0.3 is 10.4 Å². The van der Waals surface area contributed by atoms with Gasteiger partial charge in [0.25, 0.3) is 5.91 Å². The molecule has 0 aliphatic heterocycles. The van der Waals surface area contributed by atoms with Crippen LogP contribution in [0.5, 0.6) is 0 Å². The summed E-state index contributed by atoms with van der Waals surface area (Å²) in [6.45, 7) is 1.71. The Hall–Kier alpha value is -1.80. The molecule has 0 spiro atoms. The molecule has 3 nitrogen and oxygen atoms in total. The predicted octanol–water partition coefficient (Wildman–Crippen LogP) is 3.31. The molecule has 0 saturated carbocycles. The Morgan fingerprint density at radius 3 is 2.90 bits per heavy atom. The van der Waals surface area contributed by atoms with Crippen molar-refractivity contribution in [1.29, 1.82) is 0 Å². The van der Waals surface area contributed by atoms with Crippen molar-refractivity contribution in [2.45, 2.75) is 6.92 Å². The molecule has 1 amide bonds. The summed E-state index contributed by atoms with van der Waals surface area (Å²) >= 11 is 7.22. The van der Waals surface area contributed by atoms with Crippen LogP contribution < -0.4 is 5.32 Å². The van der Waals surface area contributed by atoms with E-state index in [1.54, 1.807) is 17.5 Å². The second-order valence-electron chi connectivity index (χ2n) is 4.06. The minimum absolute atomic E-state index is 0.224. The molecule has 0 aliphatic carbocycles. The van der Waals surface area contributed by atoms with Crippen molar-refractivity contribution >= 4 is 34.5 Å². The third-order valence-corrected chi connectivity index (χ3v) is 3.89. The fraction of sp³-hybridized carbons (Fsp3) is 0.133. The van der Waals surface area contributed by atoms with E-state index in [2.05, 4.69) is 17.2 Å². The number of aryl methyl sites for hydroxylation is 1. The minimum Gasteiger partial charge on any atom is -0.384 e. The maximum Gasteiger partial charge on any atom is 0.267 e. The van der Waals surface area contributed by atoms with Gasteiger partial charge in [0.05, 0.1) is 10.7 Å². The Morgan fingerprint density at radius 2 is 2.25 bits per heavy atom. The van der Waals surface area contributed by atoms with Gasteiger partial charge in [-0.15, -0.1) is 11.3 Å². The lowest BCUT2D eigenvalue weighted by Crippen LogP contribution is -2.11. The van der Waals surface area contributed by atoms with Gasteiger partial charge in [0, 0.05) is 5.56 Å². The number of carbonyl (C=O) groups is 1. The van der Waals surface area contributed by atoms with Crippen molar-refractivity contribution in [3.05, 3.63) is 50.7 Å². The molecule has 1 heterocycles. The Balaban J connectivity index is 2.29. The SMILES string of the molecule is Cc1ccc(NC(=O)c2sccc2Cl)c(C#CCO)c1. The van der Waals surface area contributed by atoms with Crippen molar-refractivity contribution in [2.75, 3.05) is 11.9 Å².